The lowest BCUT2D eigenvalue weighted by atomic mass is 10.3. The van der Waals surface area contributed by atoms with Gasteiger partial charge in [0.25, 0.3) is 0 Å². The summed E-state index contributed by atoms with van der Waals surface area (Å²) >= 11 is 0. The van der Waals surface area contributed by atoms with E-state index in [2.05, 4.69) is 15.3 Å². The molecule has 1 N–H and O–H groups in total. The van der Waals surface area contributed by atoms with Crippen LogP contribution in [0.1, 0.15) is 28.6 Å². The van der Waals surface area contributed by atoms with Crippen LogP contribution in [-0.2, 0) is 17.9 Å². The predicted octanol–water partition coefficient (Wildman–Crippen LogP) is 0.763. The number of hydrogen-bond donors (Lipinski definition) is 1. The Bertz CT molecular complexity index is 610. The highest BCUT2D eigenvalue weighted by Crippen LogP contribution is 2.15. The van der Waals surface area contributed by atoms with Gasteiger partial charge in [-0.05, 0) is 0 Å². The van der Waals surface area contributed by atoms with Crippen LogP contribution in [0, 0.1) is 0 Å². The molecule has 2 rings (SSSR count). The summed E-state index contributed by atoms with van der Waals surface area (Å²) < 4.78 is 32.1. The zero-order valence-corrected chi connectivity index (χ0v) is 10.4. The number of ether oxygens (including phenoxy) is 1. The van der Waals surface area contributed by atoms with Crippen molar-refractivity contribution in [1.29, 1.82) is 0 Å². The van der Waals surface area contributed by atoms with E-state index in [1.165, 1.54) is 18.0 Å². The standard InChI is InChI=1S/C10H11F2N5O3/c1-20-5-6-8(9(18)19)14-15-17(6)4-7-13-2-3-16(7)10(11)12/h2-3,10H,4-5H2,1H3,(H,18,19). The van der Waals surface area contributed by atoms with Crippen LogP contribution in [-0.4, -0.2) is 42.7 Å². The summed E-state index contributed by atoms with van der Waals surface area (Å²) in [6.07, 6.45) is 2.36. The van der Waals surface area contributed by atoms with Crippen LogP contribution in [0.2, 0.25) is 0 Å². The second-order valence-electron chi connectivity index (χ2n) is 3.81. The quantitative estimate of drug-likeness (QED) is 0.843. The minimum Gasteiger partial charge on any atom is -0.476 e. The highest BCUT2D eigenvalue weighted by molar-refractivity contribution is 5.86. The summed E-state index contributed by atoms with van der Waals surface area (Å²) in [7, 11) is 1.38. The van der Waals surface area contributed by atoms with E-state index >= 15 is 0 Å². The summed E-state index contributed by atoms with van der Waals surface area (Å²) in [6.45, 7) is -2.92. The Hall–Kier alpha value is -2.36. The zero-order valence-electron chi connectivity index (χ0n) is 10.4. The van der Waals surface area contributed by atoms with Gasteiger partial charge in [0.2, 0.25) is 0 Å². The molecule has 0 radical (unpaired) electrons. The molecule has 2 heterocycles. The molecule has 0 spiro atoms. The van der Waals surface area contributed by atoms with Gasteiger partial charge in [0, 0.05) is 19.5 Å². The molecule has 0 unspecified atom stereocenters. The Kier molecular flexibility index (Phi) is 4.03. The zero-order chi connectivity index (χ0) is 14.7. The first kappa shape index (κ1) is 14.1. The van der Waals surface area contributed by atoms with Gasteiger partial charge < -0.3 is 9.84 Å². The number of halogens is 2. The van der Waals surface area contributed by atoms with E-state index in [4.69, 9.17) is 9.84 Å². The predicted molar refractivity (Wildman–Crippen MR) is 60.3 cm³/mol. The number of carboxylic acid groups (broad SMARTS) is 1. The third-order valence-corrected chi connectivity index (χ3v) is 2.57. The van der Waals surface area contributed by atoms with Crippen molar-refractivity contribution in [3.05, 3.63) is 29.6 Å². The number of aromatic nitrogens is 5. The molecule has 0 aliphatic carbocycles. The number of carboxylic acids is 1. The Labute approximate surface area is 111 Å². The Morgan fingerprint density at radius 1 is 1.55 bits per heavy atom. The van der Waals surface area contributed by atoms with Gasteiger partial charge in [0.05, 0.1) is 12.3 Å². The average Bonchev–Trinajstić information content (AvgIpc) is 2.98. The van der Waals surface area contributed by atoms with Gasteiger partial charge in [-0.3, -0.25) is 4.57 Å². The van der Waals surface area contributed by atoms with Crippen LogP contribution >= 0.6 is 0 Å². The van der Waals surface area contributed by atoms with Crippen LogP contribution in [0.3, 0.4) is 0 Å². The Morgan fingerprint density at radius 3 is 2.90 bits per heavy atom. The number of imidazole rings is 1. The maximum Gasteiger partial charge on any atom is 0.358 e. The molecular formula is C10H11F2N5O3. The SMILES string of the molecule is COCc1c(C(=O)O)nnn1Cc1nccn1C(F)F. The van der Waals surface area contributed by atoms with Crippen LogP contribution in [0.4, 0.5) is 8.78 Å². The second-order valence-corrected chi connectivity index (χ2v) is 3.81. The first-order valence-corrected chi connectivity index (χ1v) is 5.49. The maximum absolute atomic E-state index is 12.7. The molecule has 2 aromatic rings. The Balaban J connectivity index is 2.33. The molecule has 0 saturated heterocycles. The van der Waals surface area contributed by atoms with Crippen molar-refractivity contribution in [1.82, 2.24) is 24.5 Å². The molecule has 0 bridgehead atoms. The molecule has 0 aromatic carbocycles. The smallest absolute Gasteiger partial charge is 0.358 e. The van der Waals surface area contributed by atoms with Crippen LogP contribution in [0.5, 0.6) is 0 Å². The van der Waals surface area contributed by atoms with Gasteiger partial charge in [-0.25, -0.2) is 14.5 Å². The minimum atomic E-state index is -2.74. The molecule has 0 aliphatic rings. The molecule has 0 aliphatic heterocycles. The highest BCUT2D eigenvalue weighted by Gasteiger charge is 2.20. The lowest BCUT2D eigenvalue weighted by Crippen LogP contribution is -2.14. The molecular weight excluding hydrogens is 276 g/mol. The number of carbonyl (C=O) groups is 1. The number of methoxy groups -OCH3 is 1. The van der Waals surface area contributed by atoms with E-state index in [0.29, 0.717) is 4.57 Å². The van der Waals surface area contributed by atoms with Crippen LogP contribution in [0.25, 0.3) is 0 Å². The van der Waals surface area contributed by atoms with Crippen molar-refractivity contribution in [2.75, 3.05) is 7.11 Å². The lowest BCUT2D eigenvalue weighted by Gasteiger charge is -2.08. The van der Waals surface area contributed by atoms with E-state index in [-0.39, 0.29) is 30.4 Å². The van der Waals surface area contributed by atoms with E-state index < -0.39 is 12.5 Å². The van der Waals surface area contributed by atoms with Crippen LogP contribution < -0.4 is 0 Å². The lowest BCUT2D eigenvalue weighted by molar-refractivity contribution is 0.0658. The minimum absolute atomic E-state index is 0.0409. The maximum atomic E-state index is 12.7. The van der Waals surface area contributed by atoms with Crippen molar-refractivity contribution >= 4 is 5.97 Å². The fraction of sp³-hybridized carbons (Fsp3) is 0.400. The second kappa shape index (κ2) is 5.74. The molecule has 0 saturated carbocycles. The number of nitrogens with zero attached hydrogens (tertiary/aromatic N) is 5. The van der Waals surface area contributed by atoms with Crippen LogP contribution in [0.15, 0.2) is 12.4 Å². The average molecular weight is 287 g/mol. The molecule has 0 amide bonds. The molecule has 0 fully saturated rings. The highest BCUT2D eigenvalue weighted by atomic mass is 19.3. The molecule has 10 heteroatoms. The molecule has 8 nitrogen and oxygen atoms in total. The number of rotatable bonds is 6. The van der Waals surface area contributed by atoms with Gasteiger partial charge in [-0.15, -0.1) is 5.10 Å². The molecule has 2 aromatic heterocycles. The van der Waals surface area contributed by atoms with Gasteiger partial charge in [-0.1, -0.05) is 5.21 Å². The first-order chi connectivity index (χ1) is 9.54. The summed E-state index contributed by atoms with van der Waals surface area (Å²) in [4.78, 5) is 14.8. The number of aromatic carboxylic acids is 1. The van der Waals surface area contributed by atoms with Crippen molar-refractivity contribution in [2.45, 2.75) is 19.7 Å². The topological polar surface area (TPSA) is 95.1 Å². The fourth-order valence-corrected chi connectivity index (χ4v) is 1.68. The first-order valence-electron chi connectivity index (χ1n) is 5.49. The normalized spacial score (nSPS) is 11.2. The monoisotopic (exact) mass is 287 g/mol. The fourth-order valence-electron chi connectivity index (χ4n) is 1.68. The molecule has 20 heavy (non-hydrogen) atoms. The van der Waals surface area contributed by atoms with E-state index in [1.807, 2.05) is 0 Å². The van der Waals surface area contributed by atoms with Crippen molar-refractivity contribution in [3.8, 4) is 0 Å². The van der Waals surface area contributed by atoms with E-state index in [9.17, 15) is 13.6 Å². The summed E-state index contributed by atoms with van der Waals surface area (Å²) in [5, 5.41) is 16.1. The number of alkyl halides is 2. The molecule has 0 atom stereocenters. The van der Waals surface area contributed by atoms with Crippen molar-refractivity contribution in [3.63, 3.8) is 0 Å². The third-order valence-electron chi connectivity index (χ3n) is 2.57. The summed E-state index contributed by atoms with van der Waals surface area (Å²) in [5.41, 5.74) is -0.0918. The summed E-state index contributed by atoms with van der Waals surface area (Å²) in [5.74, 6) is -1.22. The van der Waals surface area contributed by atoms with Gasteiger partial charge >= 0.3 is 12.5 Å². The molecule has 108 valence electrons. The van der Waals surface area contributed by atoms with Gasteiger partial charge in [0.1, 0.15) is 12.4 Å². The van der Waals surface area contributed by atoms with E-state index in [0.717, 1.165) is 6.20 Å². The largest absolute Gasteiger partial charge is 0.476 e. The van der Waals surface area contributed by atoms with Crippen molar-refractivity contribution < 1.29 is 23.4 Å². The van der Waals surface area contributed by atoms with E-state index in [1.54, 1.807) is 0 Å². The Morgan fingerprint density at radius 2 is 2.30 bits per heavy atom. The van der Waals surface area contributed by atoms with Crippen molar-refractivity contribution in [2.24, 2.45) is 0 Å². The van der Waals surface area contributed by atoms with Gasteiger partial charge in [-0.2, -0.15) is 8.78 Å². The van der Waals surface area contributed by atoms with Gasteiger partial charge in [0.15, 0.2) is 5.69 Å². The third kappa shape index (κ3) is 2.64. The number of hydrogen-bond acceptors (Lipinski definition) is 5. The summed E-state index contributed by atoms with van der Waals surface area (Å²) in [6, 6.07) is 0.